The average molecular weight is 193 g/mol. The van der Waals surface area contributed by atoms with Gasteiger partial charge in [0.05, 0.1) is 0 Å². The number of fused-ring (bicyclic) bond motifs is 2. The summed E-state index contributed by atoms with van der Waals surface area (Å²) in [6, 6.07) is 1.24. The van der Waals surface area contributed by atoms with Crippen molar-refractivity contribution in [1.82, 2.24) is 5.32 Å². The summed E-state index contributed by atoms with van der Waals surface area (Å²) in [4.78, 5) is 11.8. The van der Waals surface area contributed by atoms with Gasteiger partial charge in [-0.25, -0.2) is 0 Å². The molecule has 0 aromatic rings. The van der Waals surface area contributed by atoms with Crippen molar-refractivity contribution in [2.75, 3.05) is 0 Å². The topological polar surface area (TPSA) is 29.1 Å². The van der Waals surface area contributed by atoms with Crippen LogP contribution in [0.4, 0.5) is 0 Å². The molecule has 78 valence electrons. The molecule has 2 unspecified atom stereocenters. The summed E-state index contributed by atoms with van der Waals surface area (Å²) >= 11 is 0. The van der Waals surface area contributed by atoms with Crippen molar-refractivity contribution in [3.05, 3.63) is 11.6 Å². The number of hydrogen-bond donors (Lipinski definition) is 1. The second kappa shape index (κ2) is 3.85. The summed E-state index contributed by atoms with van der Waals surface area (Å²) in [5.74, 6) is 0.645. The van der Waals surface area contributed by atoms with Gasteiger partial charge in [-0.05, 0) is 45.6 Å². The van der Waals surface area contributed by atoms with E-state index in [0.29, 0.717) is 23.8 Å². The molecule has 0 amide bonds. The van der Waals surface area contributed by atoms with Crippen molar-refractivity contribution >= 4 is 5.78 Å². The van der Waals surface area contributed by atoms with Gasteiger partial charge >= 0.3 is 0 Å². The van der Waals surface area contributed by atoms with Crippen LogP contribution in [-0.4, -0.2) is 17.9 Å². The zero-order chi connectivity index (χ0) is 10.1. The van der Waals surface area contributed by atoms with E-state index in [-0.39, 0.29) is 0 Å². The highest BCUT2D eigenvalue weighted by molar-refractivity contribution is 5.92. The Morgan fingerprint density at radius 2 is 1.79 bits per heavy atom. The van der Waals surface area contributed by atoms with Gasteiger partial charge in [0.2, 0.25) is 0 Å². The summed E-state index contributed by atoms with van der Waals surface area (Å²) in [6.45, 7) is 3.99. The van der Waals surface area contributed by atoms with E-state index >= 15 is 0 Å². The summed E-state index contributed by atoms with van der Waals surface area (Å²) in [7, 11) is 0. The van der Waals surface area contributed by atoms with Crippen LogP contribution in [-0.2, 0) is 4.79 Å². The van der Waals surface area contributed by atoms with Crippen molar-refractivity contribution in [1.29, 1.82) is 0 Å². The van der Waals surface area contributed by atoms with E-state index in [9.17, 15) is 4.79 Å². The highest BCUT2D eigenvalue weighted by Gasteiger charge is 2.35. The van der Waals surface area contributed by atoms with Crippen LogP contribution in [0, 0.1) is 5.92 Å². The molecule has 2 rings (SSSR count). The minimum absolute atomic E-state index is 0.295. The van der Waals surface area contributed by atoms with E-state index in [1.54, 1.807) is 0 Å². The van der Waals surface area contributed by atoms with Gasteiger partial charge < -0.3 is 5.32 Å². The highest BCUT2D eigenvalue weighted by atomic mass is 16.1. The number of ketones is 1. The van der Waals surface area contributed by atoms with Gasteiger partial charge in [-0.2, -0.15) is 0 Å². The molecule has 2 heteroatoms. The van der Waals surface area contributed by atoms with Crippen LogP contribution in [0.3, 0.4) is 0 Å². The van der Waals surface area contributed by atoms with Crippen molar-refractivity contribution < 1.29 is 4.79 Å². The first-order valence-corrected chi connectivity index (χ1v) is 5.60. The maximum Gasteiger partial charge on any atom is 0.158 e. The molecule has 2 saturated heterocycles. The Morgan fingerprint density at radius 1 is 1.21 bits per heavy atom. The Morgan fingerprint density at radius 3 is 2.29 bits per heavy atom. The van der Waals surface area contributed by atoms with Crippen LogP contribution in [0.1, 0.15) is 39.5 Å². The molecule has 2 aliphatic heterocycles. The SMILES string of the molecule is CC(C)=CC(=O)C1CC2CCC(C1)N2. The molecular weight excluding hydrogens is 174 g/mol. The number of piperidine rings is 1. The van der Waals surface area contributed by atoms with Crippen molar-refractivity contribution in [2.24, 2.45) is 5.92 Å². The Labute approximate surface area is 85.8 Å². The van der Waals surface area contributed by atoms with Crippen LogP contribution in [0.2, 0.25) is 0 Å². The molecule has 0 aromatic carbocycles. The monoisotopic (exact) mass is 193 g/mol. The van der Waals surface area contributed by atoms with Crippen LogP contribution < -0.4 is 5.32 Å². The van der Waals surface area contributed by atoms with E-state index in [1.165, 1.54) is 12.8 Å². The molecule has 0 radical (unpaired) electrons. The molecule has 2 bridgehead atoms. The van der Waals surface area contributed by atoms with Gasteiger partial charge in [-0.1, -0.05) is 5.57 Å². The number of carbonyl (C=O) groups excluding carboxylic acids is 1. The minimum atomic E-state index is 0.295. The standard InChI is InChI=1S/C12H19NO/c1-8(2)5-12(14)9-6-10-3-4-11(7-9)13-10/h5,9-11,13H,3-4,6-7H2,1-2H3. The van der Waals surface area contributed by atoms with Gasteiger partial charge in [0.15, 0.2) is 5.78 Å². The maximum absolute atomic E-state index is 11.8. The lowest BCUT2D eigenvalue weighted by Crippen LogP contribution is -2.40. The minimum Gasteiger partial charge on any atom is -0.311 e. The molecular formula is C12H19NO. The van der Waals surface area contributed by atoms with Crippen LogP contribution in [0.15, 0.2) is 11.6 Å². The summed E-state index contributed by atoms with van der Waals surface area (Å²) < 4.78 is 0. The Bertz CT molecular complexity index is 253. The molecule has 1 N–H and O–H groups in total. The lowest BCUT2D eigenvalue weighted by Gasteiger charge is -2.27. The molecule has 0 aliphatic carbocycles. The number of carbonyl (C=O) groups is 1. The van der Waals surface area contributed by atoms with Gasteiger partial charge in [0.1, 0.15) is 0 Å². The van der Waals surface area contributed by atoms with E-state index in [0.717, 1.165) is 18.4 Å². The van der Waals surface area contributed by atoms with Crippen LogP contribution in [0.5, 0.6) is 0 Å². The summed E-state index contributed by atoms with van der Waals surface area (Å²) in [5, 5.41) is 3.56. The van der Waals surface area contributed by atoms with Gasteiger partial charge in [0, 0.05) is 18.0 Å². The second-order valence-corrected chi connectivity index (χ2v) is 4.93. The Hall–Kier alpha value is -0.630. The average Bonchev–Trinajstić information content (AvgIpc) is 2.44. The lowest BCUT2D eigenvalue weighted by atomic mass is 9.88. The maximum atomic E-state index is 11.8. The zero-order valence-electron chi connectivity index (χ0n) is 9.05. The normalized spacial score (nSPS) is 35.4. The van der Waals surface area contributed by atoms with Crippen LogP contribution >= 0.6 is 0 Å². The van der Waals surface area contributed by atoms with Gasteiger partial charge in [0.25, 0.3) is 0 Å². The van der Waals surface area contributed by atoms with Crippen molar-refractivity contribution in [3.63, 3.8) is 0 Å². The van der Waals surface area contributed by atoms with Gasteiger partial charge in [-0.3, -0.25) is 4.79 Å². The van der Waals surface area contributed by atoms with Crippen molar-refractivity contribution in [2.45, 2.75) is 51.6 Å². The van der Waals surface area contributed by atoms with E-state index in [1.807, 2.05) is 19.9 Å². The molecule has 2 nitrogen and oxygen atoms in total. The van der Waals surface area contributed by atoms with Gasteiger partial charge in [-0.15, -0.1) is 0 Å². The largest absolute Gasteiger partial charge is 0.311 e. The van der Waals surface area contributed by atoms with Crippen LogP contribution in [0.25, 0.3) is 0 Å². The fourth-order valence-corrected chi connectivity index (χ4v) is 2.69. The molecule has 14 heavy (non-hydrogen) atoms. The summed E-state index contributed by atoms with van der Waals surface area (Å²) in [5.41, 5.74) is 1.13. The van der Waals surface area contributed by atoms with E-state index in [4.69, 9.17) is 0 Å². The first-order valence-electron chi connectivity index (χ1n) is 5.60. The number of nitrogens with one attached hydrogen (secondary N) is 1. The highest BCUT2D eigenvalue weighted by Crippen LogP contribution is 2.31. The smallest absolute Gasteiger partial charge is 0.158 e. The molecule has 2 aliphatic rings. The predicted octanol–water partition coefficient (Wildman–Crippen LogP) is 2.05. The third-order valence-corrected chi connectivity index (χ3v) is 3.31. The first kappa shape index (κ1) is 9.91. The molecule has 2 atom stereocenters. The third-order valence-electron chi connectivity index (χ3n) is 3.31. The fraction of sp³-hybridized carbons (Fsp3) is 0.750. The quantitative estimate of drug-likeness (QED) is 0.680. The lowest BCUT2D eigenvalue weighted by molar-refractivity contribution is -0.119. The van der Waals surface area contributed by atoms with E-state index < -0.39 is 0 Å². The van der Waals surface area contributed by atoms with E-state index in [2.05, 4.69) is 5.32 Å². The molecule has 2 fully saturated rings. The fourth-order valence-electron chi connectivity index (χ4n) is 2.69. The Balaban J connectivity index is 1.99. The molecule has 2 heterocycles. The van der Waals surface area contributed by atoms with Crippen molar-refractivity contribution in [3.8, 4) is 0 Å². The number of rotatable bonds is 2. The third kappa shape index (κ3) is 2.06. The summed E-state index contributed by atoms with van der Waals surface area (Å²) in [6.07, 6.45) is 6.46. The molecule has 0 saturated carbocycles. The molecule has 0 spiro atoms. The molecule has 0 aromatic heterocycles. The number of hydrogen-bond acceptors (Lipinski definition) is 2. The number of allylic oxidation sites excluding steroid dienone is 2. The Kier molecular flexibility index (Phi) is 2.73. The predicted molar refractivity (Wildman–Crippen MR) is 57.1 cm³/mol. The zero-order valence-corrected chi connectivity index (χ0v) is 9.05. The second-order valence-electron chi connectivity index (χ2n) is 4.93. The first-order chi connectivity index (χ1) is 6.65.